The number of hydrogen-bond donors (Lipinski definition) is 0. The van der Waals surface area contributed by atoms with Gasteiger partial charge in [-0.2, -0.15) is 0 Å². The Hall–Kier alpha value is -3.02. The van der Waals surface area contributed by atoms with Crippen LogP contribution < -0.4 is 14.4 Å². The molecule has 29 heavy (non-hydrogen) atoms. The summed E-state index contributed by atoms with van der Waals surface area (Å²) in [4.78, 5) is 29.1. The van der Waals surface area contributed by atoms with Gasteiger partial charge >= 0.3 is 0 Å². The van der Waals surface area contributed by atoms with Crippen molar-refractivity contribution in [3.05, 3.63) is 54.1 Å². The zero-order valence-corrected chi connectivity index (χ0v) is 17.3. The minimum Gasteiger partial charge on any atom is -0.493 e. The number of hydrogen-bond acceptors (Lipinski definition) is 4. The molecule has 1 aliphatic heterocycles. The lowest BCUT2D eigenvalue weighted by Gasteiger charge is -2.24. The molecule has 2 amide bonds. The lowest BCUT2D eigenvalue weighted by atomic mass is 10.1. The van der Waals surface area contributed by atoms with E-state index < -0.39 is 0 Å². The van der Waals surface area contributed by atoms with Gasteiger partial charge in [0.2, 0.25) is 11.8 Å². The van der Waals surface area contributed by atoms with Gasteiger partial charge in [-0.15, -0.1) is 0 Å². The van der Waals surface area contributed by atoms with E-state index in [1.807, 2.05) is 55.5 Å². The number of benzene rings is 2. The summed E-state index contributed by atoms with van der Waals surface area (Å²) in [6.45, 7) is 3.58. The van der Waals surface area contributed by atoms with E-state index in [0.29, 0.717) is 37.6 Å². The molecule has 1 unspecified atom stereocenters. The summed E-state index contributed by atoms with van der Waals surface area (Å²) < 4.78 is 10.6. The number of nitrogens with zero attached hydrogens (tertiary/aromatic N) is 2. The van der Waals surface area contributed by atoms with E-state index in [1.54, 1.807) is 24.0 Å². The Balaban J connectivity index is 1.62. The highest BCUT2D eigenvalue weighted by molar-refractivity contribution is 5.99. The van der Waals surface area contributed by atoms with Gasteiger partial charge in [0, 0.05) is 31.7 Å². The monoisotopic (exact) mass is 396 g/mol. The average Bonchev–Trinajstić information content (AvgIpc) is 3.13. The molecule has 0 aliphatic carbocycles. The van der Waals surface area contributed by atoms with Crippen molar-refractivity contribution in [2.75, 3.05) is 38.8 Å². The van der Waals surface area contributed by atoms with Crippen molar-refractivity contribution in [2.24, 2.45) is 5.92 Å². The molecule has 0 radical (unpaired) electrons. The molecule has 1 aliphatic rings. The van der Waals surface area contributed by atoms with Gasteiger partial charge in [-0.25, -0.2) is 0 Å². The van der Waals surface area contributed by atoms with Crippen molar-refractivity contribution >= 4 is 17.5 Å². The van der Waals surface area contributed by atoms with E-state index in [9.17, 15) is 9.59 Å². The molecular weight excluding hydrogens is 368 g/mol. The first kappa shape index (κ1) is 20.7. The van der Waals surface area contributed by atoms with Crippen molar-refractivity contribution in [3.8, 4) is 11.5 Å². The van der Waals surface area contributed by atoms with Crippen LogP contribution in [0.2, 0.25) is 0 Å². The molecule has 0 spiro atoms. The SMILES string of the molecule is CCN(C(=O)C1CC(=O)N(CCc2ccc(OC)c(OC)c2)C1)c1ccccc1. The summed E-state index contributed by atoms with van der Waals surface area (Å²) >= 11 is 0. The predicted octanol–water partition coefficient (Wildman–Crippen LogP) is 3.15. The maximum absolute atomic E-state index is 13.0. The van der Waals surface area contributed by atoms with Gasteiger partial charge < -0.3 is 19.3 Å². The Morgan fingerprint density at radius 3 is 2.48 bits per heavy atom. The molecule has 6 heteroatoms. The molecule has 0 bridgehead atoms. The Kier molecular flexibility index (Phi) is 6.75. The van der Waals surface area contributed by atoms with Crippen LogP contribution in [0.3, 0.4) is 0 Å². The van der Waals surface area contributed by atoms with Gasteiger partial charge in [-0.1, -0.05) is 24.3 Å². The summed E-state index contributed by atoms with van der Waals surface area (Å²) in [6, 6.07) is 15.4. The first-order valence-corrected chi connectivity index (χ1v) is 9.92. The number of amides is 2. The maximum Gasteiger partial charge on any atom is 0.232 e. The first-order valence-electron chi connectivity index (χ1n) is 9.92. The summed E-state index contributed by atoms with van der Waals surface area (Å²) in [5.41, 5.74) is 1.93. The molecule has 0 aromatic heterocycles. The van der Waals surface area contributed by atoms with Crippen molar-refractivity contribution in [2.45, 2.75) is 19.8 Å². The maximum atomic E-state index is 13.0. The second-order valence-corrected chi connectivity index (χ2v) is 7.10. The predicted molar refractivity (Wildman–Crippen MR) is 112 cm³/mol. The molecule has 3 rings (SSSR count). The number of anilines is 1. The second-order valence-electron chi connectivity index (χ2n) is 7.10. The lowest BCUT2D eigenvalue weighted by molar-refractivity contribution is -0.128. The molecule has 1 fully saturated rings. The van der Waals surface area contributed by atoms with Crippen LogP contribution in [0.25, 0.3) is 0 Å². The number of rotatable bonds is 8. The molecule has 1 saturated heterocycles. The van der Waals surface area contributed by atoms with Crippen LogP contribution in [0.1, 0.15) is 18.9 Å². The van der Waals surface area contributed by atoms with Crippen LogP contribution >= 0.6 is 0 Å². The number of carbonyl (C=O) groups excluding carboxylic acids is 2. The number of carbonyl (C=O) groups is 2. The number of ether oxygens (including phenoxy) is 2. The molecular formula is C23H28N2O4. The number of para-hydroxylation sites is 1. The van der Waals surface area contributed by atoms with E-state index in [1.165, 1.54) is 0 Å². The van der Waals surface area contributed by atoms with Crippen molar-refractivity contribution in [1.29, 1.82) is 0 Å². The average molecular weight is 396 g/mol. The Morgan fingerprint density at radius 2 is 1.83 bits per heavy atom. The molecule has 6 nitrogen and oxygen atoms in total. The summed E-state index contributed by atoms with van der Waals surface area (Å²) in [5, 5.41) is 0. The van der Waals surface area contributed by atoms with Gasteiger partial charge in [-0.05, 0) is 43.2 Å². The fourth-order valence-corrected chi connectivity index (χ4v) is 3.75. The van der Waals surface area contributed by atoms with Gasteiger partial charge in [0.15, 0.2) is 11.5 Å². The number of methoxy groups -OCH3 is 2. The minimum absolute atomic E-state index is 0.0145. The van der Waals surface area contributed by atoms with Crippen LogP contribution in [-0.2, 0) is 16.0 Å². The van der Waals surface area contributed by atoms with Crippen LogP contribution in [0, 0.1) is 5.92 Å². The molecule has 2 aromatic rings. The van der Waals surface area contributed by atoms with Gasteiger partial charge in [0.25, 0.3) is 0 Å². The van der Waals surface area contributed by atoms with Crippen molar-refractivity contribution < 1.29 is 19.1 Å². The first-order chi connectivity index (χ1) is 14.1. The highest BCUT2D eigenvalue weighted by Crippen LogP contribution is 2.28. The van der Waals surface area contributed by atoms with Crippen LogP contribution in [-0.4, -0.2) is 50.6 Å². The second kappa shape index (κ2) is 9.45. The van der Waals surface area contributed by atoms with Crippen LogP contribution in [0.5, 0.6) is 11.5 Å². The summed E-state index contributed by atoms with van der Waals surface area (Å²) in [7, 11) is 3.21. The lowest BCUT2D eigenvalue weighted by Crippen LogP contribution is -2.37. The van der Waals surface area contributed by atoms with E-state index in [-0.39, 0.29) is 24.2 Å². The van der Waals surface area contributed by atoms with E-state index in [4.69, 9.17) is 9.47 Å². The zero-order valence-electron chi connectivity index (χ0n) is 17.3. The normalized spacial score (nSPS) is 16.0. The third-order valence-corrected chi connectivity index (χ3v) is 5.33. The van der Waals surface area contributed by atoms with Crippen LogP contribution in [0.15, 0.2) is 48.5 Å². The van der Waals surface area contributed by atoms with Gasteiger partial charge in [0.1, 0.15) is 0 Å². The highest BCUT2D eigenvalue weighted by atomic mass is 16.5. The third-order valence-electron chi connectivity index (χ3n) is 5.33. The molecule has 2 aromatic carbocycles. The van der Waals surface area contributed by atoms with Crippen molar-refractivity contribution in [1.82, 2.24) is 4.90 Å². The molecule has 154 valence electrons. The quantitative estimate of drug-likeness (QED) is 0.688. The van der Waals surface area contributed by atoms with E-state index in [0.717, 1.165) is 11.3 Å². The smallest absolute Gasteiger partial charge is 0.232 e. The Labute approximate surface area is 172 Å². The zero-order chi connectivity index (χ0) is 20.8. The Bertz CT molecular complexity index is 853. The summed E-state index contributed by atoms with van der Waals surface area (Å²) in [6.07, 6.45) is 0.970. The highest BCUT2D eigenvalue weighted by Gasteiger charge is 2.36. The molecule has 1 heterocycles. The minimum atomic E-state index is -0.298. The largest absolute Gasteiger partial charge is 0.493 e. The van der Waals surface area contributed by atoms with Gasteiger partial charge in [0.05, 0.1) is 20.1 Å². The third kappa shape index (κ3) is 4.70. The molecule has 0 N–H and O–H groups in total. The fraction of sp³-hybridized carbons (Fsp3) is 0.391. The van der Waals surface area contributed by atoms with E-state index >= 15 is 0 Å². The molecule has 0 saturated carbocycles. The van der Waals surface area contributed by atoms with E-state index in [2.05, 4.69) is 0 Å². The van der Waals surface area contributed by atoms with Crippen molar-refractivity contribution in [3.63, 3.8) is 0 Å². The number of likely N-dealkylation sites (tertiary alicyclic amines) is 1. The Morgan fingerprint density at radius 1 is 1.10 bits per heavy atom. The topological polar surface area (TPSA) is 59.1 Å². The standard InChI is InChI=1S/C23H28N2O4/c1-4-25(19-8-6-5-7-9-19)23(27)18-15-22(26)24(16-18)13-12-17-10-11-20(28-2)21(14-17)29-3/h5-11,14,18H,4,12-13,15-16H2,1-3H3. The summed E-state index contributed by atoms with van der Waals surface area (Å²) in [5.74, 6) is 1.11. The fourth-order valence-electron chi connectivity index (χ4n) is 3.75. The molecule has 1 atom stereocenters. The van der Waals surface area contributed by atoms with Crippen LogP contribution in [0.4, 0.5) is 5.69 Å². The van der Waals surface area contributed by atoms with Gasteiger partial charge in [-0.3, -0.25) is 9.59 Å².